The van der Waals surface area contributed by atoms with E-state index in [0.29, 0.717) is 25.6 Å². The first-order valence-electron chi connectivity index (χ1n) is 8.08. The van der Waals surface area contributed by atoms with Gasteiger partial charge in [-0.2, -0.15) is 0 Å². The largest absolute Gasteiger partial charge is 0.379 e. The summed E-state index contributed by atoms with van der Waals surface area (Å²) in [6, 6.07) is 1.80. The van der Waals surface area contributed by atoms with Crippen LogP contribution in [0.2, 0.25) is 0 Å². The number of nitrogens with one attached hydrogen (secondary N) is 1. The summed E-state index contributed by atoms with van der Waals surface area (Å²) in [6.07, 6.45) is 6.49. The zero-order valence-corrected chi connectivity index (χ0v) is 13.5. The fraction of sp³-hybridized carbons (Fsp3) is 0.688. The first-order valence-corrected chi connectivity index (χ1v) is 8.08. The van der Waals surface area contributed by atoms with Crippen molar-refractivity contribution in [2.75, 3.05) is 31.1 Å². The summed E-state index contributed by atoms with van der Waals surface area (Å²) in [5.74, 6) is 0.860. The first-order chi connectivity index (χ1) is 10.7. The molecule has 0 aliphatic carbocycles. The fourth-order valence-electron chi connectivity index (χ4n) is 2.57. The molecular formula is C16H26N4O2. The SMILES string of the molecule is CC(C)OCCCNC(=O)[C@@H]1CCCN(c2ncccn2)C1. The minimum absolute atomic E-state index is 0.0172. The molecule has 1 atom stereocenters. The van der Waals surface area contributed by atoms with Crippen LogP contribution in [-0.4, -0.2) is 48.2 Å². The van der Waals surface area contributed by atoms with Gasteiger partial charge in [0.1, 0.15) is 0 Å². The zero-order chi connectivity index (χ0) is 15.8. The van der Waals surface area contributed by atoms with Crippen LogP contribution in [0.25, 0.3) is 0 Å². The number of hydrogen-bond donors (Lipinski definition) is 1. The predicted molar refractivity (Wildman–Crippen MR) is 85.7 cm³/mol. The predicted octanol–water partition coefficient (Wildman–Crippen LogP) is 1.62. The second-order valence-corrected chi connectivity index (χ2v) is 5.90. The Balaban J connectivity index is 1.73. The van der Waals surface area contributed by atoms with E-state index in [1.54, 1.807) is 18.5 Å². The number of hydrogen-bond acceptors (Lipinski definition) is 5. The lowest BCUT2D eigenvalue weighted by molar-refractivity contribution is -0.125. The number of carbonyl (C=O) groups is 1. The maximum Gasteiger partial charge on any atom is 0.225 e. The van der Waals surface area contributed by atoms with E-state index in [2.05, 4.69) is 20.2 Å². The van der Waals surface area contributed by atoms with Crippen LogP contribution in [0.15, 0.2) is 18.5 Å². The average molecular weight is 306 g/mol. The average Bonchev–Trinajstić information content (AvgIpc) is 2.55. The molecule has 1 fully saturated rings. The third-order valence-electron chi connectivity index (χ3n) is 3.70. The first kappa shape index (κ1) is 16.7. The molecule has 22 heavy (non-hydrogen) atoms. The molecule has 0 spiro atoms. The Kier molecular flexibility index (Phi) is 6.58. The molecule has 1 amide bonds. The van der Waals surface area contributed by atoms with Crippen molar-refractivity contribution in [3.05, 3.63) is 18.5 Å². The van der Waals surface area contributed by atoms with Gasteiger partial charge in [-0.1, -0.05) is 0 Å². The minimum atomic E-state index is 0.0172. The molecule has 1 aliphatic heterocycles. The van der Waals surface area contributed by atoms with E-state index in [-0.39, 0.29) is 17.9 Å². The van der Waals surface area contributed by atoms with Crippen LogP contribution < -0.4 is 10.2 Å². The Hall–Kier alpha value is -1.69. The Morgan fingerprint density at radius 1 is 1.45 bits per heavy atom. The van der Waals surface area contributed by atoms with E-state index in [0.717, 1.165) is 25.8 Å². The van der Waals surface area contributed by atoms with Crippen molar-refractivity contribution in [3.8, 4) is 0 Å². The minimum Gasteiger partial charge on any atom is -0.379 e. The molecule has 1 aliphatic rings. The molecule has 0 unspecified atom stereocenters. The number of amides is 1. The second kappa shape index (κ2) is 8.68. The van der Waals surface area contributed by atoms with Crippen molar-refractivity contribution >= 4 is 11.9 Å². The summed E-state index contributed by atoms with van der Waals surface area (Å²) in [4.78, 5) is 22.9. The highest BCUT2D eigenvalue weighted by Gasteiger charge is 2.26. The number of carbonyl (C=O) groups excluding carboxylic acids is 1. The van der Waals surface area contributed by atoms with Gasteiger partial charge in [0.25, 0.3) is 0 Å². The van der Waals surface area contributed by atoms with Crippen LogP contribution >= 0.6 is 0 Å². The molecule has 0 saturated carbocycles. The summed E-state index contributed by atoms with van der Waals surface area (Å²) in [6.45, 7) is 6.99. The fourth-order valence-corrected chi connectivity index (χ4v) is 2.57. The maximum atomic E-state index is 12.3. The summed E-state index contributed by atoms with van der Waals surface area (Å²) in [7, 11) is 0. The van der Waals surface area contributed by atoms with Crippen LogP contribution in [0.1, 0.15) is 33.1 Å². The van der Waals surface area contributed by atoms with Crippen LogP contribution in [0.5, 0.6) is 0 Å². The molecule has 1 aromatic rings. The molecule has 2 rings (SSSR count). The van der Waals surface area contributed by atoms with Crippen molar-refractivity contribution in [1.29, 1.82) is 0 Å². The summed E-state index contributed by atoms with van der Waals surface area (Å²) < 4.78 is 5.47. The topological polar surface area (TPSA) is 67.3 Å². The molecule has 122 valence electrons. The number of nitrogens with zero attached hydrogens (tertiary/aromatic N) is 3. The third-order valence-corrected chi connectivity index (χ3v) is 3.70. The third kappa shape index (κ3) is 5.26. The molecule has 6 nitrogen and oxygen atoms in total. The highest BCUT2D eigenvalue weighted by molar-refractivity contribution is 5.79. The van der Waals surface area contributed by atoms with Gasteiger partial charge in [-0.25, -0.2) is 9.97 Å². The van der Waals surface area contributed by atoms with Gasteiger partial charge in [-0.3, -0.25) is 4.79 Å². The Labute approximate surface area is 132 Å². The van der Waals surface area contributed by atoms with Gasteiger partial charge >= 0.3 is 0 Å². The molecule has 1 N–H and O–H groups in total. The number of rotatable bonds is 7. The smallest absolute Gasteiger partial charge is 0.225 e. The van der Waals surface area contributed by atoms with E-state index in [1.807, 2.05) is 13.8 Å². The lowest BCUT2D eigenvalue weighted by Crippen LogP contribution is -2.44. The van der Waals surface area contributed by atoms with Crippen LogP contribution in [0.3, 0.4) is 0 Å². The van der Waals surface area contributed by atoms with Gasteiger partial charge < -0.3 is 15.0 Å². The highest BCUT2D eigenvalue weighted by atomic mass is 16.5. The van der Waals surface area contributed by atoms with Crippen molar-refractivity contribution in [3.63, 3.8) is 0 Å². The normalized spacial score (nSPS) is 18.5. The molecule has 1 aromatic heterocycles. The molecular weight excluding hydrogens is 280 g/mol. The number of piperidine rings is 1. The molecule has 0 bridgehead atoms. The second-order valence-electron chi connectivity index (χ2n) is 5.90. The number of ether oxygens (including phenoxy) is 1. The molecule has 1 saturated heterocycles. The summed E-state index contributed by atoms with van der Waals surface area (Å²) in [5, 5.41) is 3.01. The van der Waals surface area contributed by atoms with E-state index >= 15 is 0 Å². The number of aromatic nitrogens is 2. The quantitative estimate of drug-likeness (QED) is 0.775. The summed E-state index contributed by atoms with van der Waals surface area (Å²) >= 11 is 0. The van der Waals surface area contributed by atoms with Crippen molar-refractivity contribution in [2.45, 2.75) is 39.2 Å². The van der Waals surface area contributed by atoms with E-state index < -0.39 is 0 Å². The van der Waals surface area contributed by atoms with Gasteiger partial charge in [0.2, 0.25) is 11.9 Å². The van der Waals surface area contributed by atoms with Gasteiger partial charge in [0, 0.05) is 38.6 Å². The van der Waals surface area contributed by atoms with Gasteiger partial charge in [-0.15, -0.1) is 0 Å². The standard InChI is InChI=1S/C16H26N4O2/c1-13(2)22-11-5-9-17-15(21)14-6-3-10-20(12-14)16-18-7-4-8-19-16/h4,7-8,13-14H,3,5-6,9-12H2,1-2H3,(H,17,21)/t14-/m1/s1. The number of anilines is 1. The highest BCUT2D eigenvalue weighted by Crippen LogP contribution is 2.19. The lowest BCUT2D eigenvalue weighted by Gasteiger charge is -2.31. The van der Waals surface area contributed by atoms with Gasteiger partial charge in [0.15, 0.2) is 0 Å². The maximum absolute atomic E-state index is 12.3. The monoisotopic (exact) mass is 306 g/mol. The van der Waals surface area contributed by atoms with Gasteiger partial charge in [-0.05, 0) is 39.2 Å². The lowest BCUT2D eigenvalue weighted by atomic mass is 9.97. The zero-order valence-electron chi connectivity index (χ0n) is 13.5. The van der Waals surface area contributed by atoms with Crippen molar-refractivity contribution in [2.24, 2.45) is 5.92 Å². The summed E-state index contributed by atoms with van der Waals surface area (Å²) in [5.41, 5.74) is 0. The molecule has 0 aromatic carbocycles. The van der Waals surface area contributed by atoms with Gasteiger partial charge in [0.05, 0.1) is 12.0 Å². The van der Waals surface area contributed by atoms with Crippen molar-refractivity contribution in [1.82, 2.24) is 15.3 Å². The van der Waals surface area contributed by atoms with E-state index in [1.165, 1.54) is 0 Å². The van der Waals surface area contributed by atoms with E-state index in [9.17, 15) is 4.79 Å². The molecule has 2 heterocycles. The van der Waals surface area contributed by atoms with Crippen LogP contribution in [0.4, 0.5) is 5.95 Å². The Morgan fingerprint density at radius 2 is 2.23 bits per heavy atom. The van der Waals surface area contributed by atoms with E-state index in [4.69, 9.17) is 4.74 Å². The Morgan fingerprint density at radius 3 is 2.95 bits per heavy atom. The van der Waals surface area contributed by atoms with Crippen LogP contribution in [-0.2, 0) is 9.53 Å². The van der Waals surface area contributed by atoms with Crippen molar-refractivity contribution < 1.29 is 9.53 Å². The Bertz CT molecular complexity index is 453. The molecule has 0 radical (unpaired) electrons. The molecule has 6 heteroatoms. The van der Waals surface area contributed by atoms with Crippen LogP contribution in [0, 0.1) is 5.92 Å².